The summed E-state index contributed by atoms with van der Waals surface area (Å²) in [6.07, 6.45) is 0.933. The number of nitrogens with one attached hydrogen (secondary N) is 1. The van der Waals surface area contributed by atoms with Gasteiger partial charge in [-0.05, 0) is 17.9 Å². The van der Waals surface area contributed by atoms with Gasteiger partial charge in [0, 0.05) is 24.5 Å². The van der Waals surface area contributed by atoms with Crippen LogP contribution in [0.5, 0.6) is 5.75 Å². The lowest BCUT2D eigenvalue weighted by atomic mass is 9.90. The summed E-state index contributed by atoms with van der Waals surface area (Å²) in [5, 5.41) is 3.26. The molecule has 0 aromatic heterocycles. The average molecular weight is 274 g/mol. The van der Waals surface area contributed by atoms with Crippen molar-refractivity contribution in [3.8, 4) is 5.75 Å². The van der Waals surface area contributed by atoms with Gasteiger partial charge in [-0.2, -0.15) is 0 Å². The number of benzene rings is 1. The first kappa shape index (κ1) is 15.3. The molecule has 1 aromatic carbocycles. The highest BCUT2D eigenvalue weighted by atomic mass is 35.5. The summed E-state index contributed by atoms with van der Waals surface area (Å²) in [4.78, 5) is 0. The Bertz CT molecular complexity index is 382. The first-order valence-electron chi connectivity index (χ1n) is 6.08. The quantitative estimate of drug-likeness (QED) is 0.767. The zero-order chi connectivity index (χ0) is 13.6. The van der Waals surface area contributed by atoms with Gasteiger partial charge in [0.1, 0.15) is 0 Å². The minimum atomic E-state index is -0.289. The second kappa shape index (κ2) is 6.95. The smallest absolute Gasteiger partial charge is 0.169 e. The molecule has 0 fully saturated rings. The van der Waals surface area contributed by atoms with Crippen LogP contribution in [0.25, 0.3) is 0 Å². The molecule has 4 heteroatoms. The first-order chi connectivity index (χ1) is 8.50. The lowest BCUT2D eigenvalue weighted by Crippen LogP contribution is -2.29. The molecule has 1 aromatic rings. The van der Waals surface area contributed by atoms with E-state index in [1.807, 2.05) is 0 Å². The molecule has 0 radical (unpaired) electrons. The lowest BCUT2D eigenvalue weighted by Gasteiger charge is -2.24. The molecule has 1 rings (SSSR count). The van der Waals surface area contributed by atoms with Crippen LogP contribution in [-0.2, 0) is 6.54 Å². The molecule has 0 spiro atoms. The van der Waals surface area contributed by atoms with Crippen LogP contribution in [0.2, 0.25) is 0 Å². The van der Waals surface area contributed by atoms with Crippen LogP contribution in [0.4, 0.5) is 4.39 Å². The van der Waals surface area contributed by atoms with E-state index in [9.17, 15) is 4.39 Å². The van der Waals surface area contributed by atoms with Crippen molar-refractivity contribution in [1.29, 1.82) is 0 Å². The largest absolute Gasteiger partial charge is 0.494 e. The topological polar surface area (TPSA) is 21.3 Å². The van der Waals surface area contributed by atoms with E-state index < -0.39 is 0 Å². The summed E-state index contributed by atoms with van der Waals surface area (Å²) < 4.78 is 18.8. The number of alkyl halides is 1. The van der Waals surface area contributed by atoms with E-state index in [2.05, 4.69) is 19.2 Å². The van der Waals surface area contributed by atoms with Gasteiger partial charge in [-0.1, -0.05) is 26.0 Å². The third kappa shape index (κ3) is 4.46. The standard InChI is InChI=1S/C14H21ClFNO/c1-14(2,7-8-15)10-17-9-11-5-4-6-12(18-3)13(11)16/h4-6,17H,7-10H2,1-3H3. The summed E-state index contributed by atoms with van der Waals surface area (Å²) in [6.45, 7) is 5.58. The monoisotopic (exact) mass is 273 g/mol. The minimum Gasteiger partial charge on any atom is -0.494 e. The lowest BCUT2D eigenvalue weighted by molar-refractivity contribution is 0.327. The van der Waals surface area contributed by atoms with Crippen LogP contribution >= 0.6 is 11.6 Å². The molecule has 0 bridgehead atoms. The summed E-state index contributed by atoms with van der Waals surface area (Å²) >= 11 is 5.74. The third-order valence-corrected chi connectivity index (χ3v) is 3.14. The van der Waals surface area contributed by atoms with E-state index in [1.54, 1.807) is 18.2 Å². The number of hydrogen-bond acceptors (Lipinski definition) is 2. The maximum Gasteiger partial charge on any atom is 0.169 e. The predicted octanol–water partition coefficient (Wildman–Crippen LogP) is 3.58. The molecule has 0 aliphatic rings. The number of hydrogen-bond donors (Lipinski definition) is 1. The van der Waals surface area contributed by atoms with E-state index in [0.29, 0.717) is 18.0 Å². The van der Waals surface area contributed by atoms with E-state index in [-0.39, 0.29) is 17.0 Å². The molecule has 18 heavy (non-hydrogen) atoms. The highest BCUT2D eigenvalue weighted by Gasteiger charge is 2.16. The molecule has 1 N–H and O–H groups in total. The molecule has 0 amide bonds. The summed E-state index contributed by atoms with van der Waals surface area (Å²) in [5.74, 6) is 0.638. The Morgan fingerprint density at radius 1 is 1.39 bits per heavy atom. The van der Waals surface area contributed by atoms with Crippen LogP contribution in [0.1, 0.15) is 25.8 Å². The van der Waals surface area contributed by atoms with Crippen molar-refractivity contribution < 1.29 is 9.13 Å². The minimum absolute atomic E-state index is 0.122. The van der Waals surface area contributed by atoms with Gasteiger partial charge in [0.2, 0.25) is 0 Å². The Labute approximate surface area is 113 Å². The number of rotatable bonds is 7. The van der Waals surface area contributed by atoms with Crippen molar-refractivity contribution >= 4 is 11.6 Å². The van der Waals surface area contributed by atoms with Crippen molar-refractivity contribution in [2.24, 2.45) is 5.41 Å². The van der Waals surface area contributed by atoms with Crippen LogP contribution < -0.4 is 10.1 Å². The molecule has 2 nitrogen and oxygen atoms in total. The maximum absolute atomic E-state index is 13.9. The van der Waals surface area contributed by atoms with Gasteiger partial charge in [0.25, 0.3) is 0 Å². The van der Waals surface area contributed by atoms with Crippen LogP contribution in [0.15, 0.2) is 18.2 Å². The van der Waals surface area contributed by atoms with E-state index in [0.717, 1.165) is 13.0 Å². The summed E-state index contributed by atoms with van der Waals surface area (Å²) in [7, 11) is 1.47. The Morgan fingerprint density at radius 2 is 2.11 bits per heavy atom. The van der Waals surface area contributed by atoms with Crippen molar-refractivity contribution in [2.75, 3.05) is 19.5 Å². The summed E-state index contributed by atoms with van der Waals surface area (Å²) in [6, 6.07) is 5.18. The molecule has 0 aliphatic heterocycles. The van der Waals surface area contributed by atoms with Crippen LogP contribution in [-0.4, -0.2) is 19.5 Å². The summed E-state index contributed by atoms with van der Waals surface area (Å²) in [5.41, 5.74) is 0.743. The van der Waals surface area contributed by atoms with Crippen LogP contribution in [0.3, 0.4) is 0 Å². The van der Waals surface area contributed by atoms with Crippen molar-refractivity contribution in [3.63, 3.8) is 0 Å². The number of methoxy groups -OCH3 is 1. The van der Waals surface area contributed by atoms with E-state index in [1.165, 1.54) is 7.11 Å². The maximum atomic E-state index is 13.9. The molecule has 0 saturated heterocycles. The SMILES string of the molecule is COc1cccc(CNCC(C)(C)CCCl)c1F. The molecule has 0 atom stereocenters. The fourth-order valence-corrected chi connectivity index (χ4v) is 2.24. The zero-order valence-corrected chi connectivity index (χ0v) is 12.0. The van der Waals surface area contributed by atoms with E-state index in [4.69, 9.17) is 16.3 Å². The fraction of sp³-hybridized carbons (Fsp3) is 0.571. The van der Waals surface area contributed by atoms with Gasteiger partial charge < -0.3 is 10.1 Å². The number of halogens is 2. The second-order valence-electron chi connectivity index (χ2n) is 5.14. The highest BCUT2D eigenvalue weighted by molar-refractivity contribution is 6.17. The van der Waals surface area contributed by atoms with Gasteiger partial charge in [-0.15, -0.1) is 11.6 Å². The van der Waals surface area contributed by atoms with Gasteiger partial charge in [-0.25, -0.2) is 4.39 Å². The first-order valence-corrected chi connectivity index (χ1v) is 6.61. The third-order valence-electron chi connectivity index (χ3n) is 2.95. The normalized spacial score (nSPS) is 11.6. The average Bonchev–Trinajstić information content (AvgIpc) is 2.31. The molecule has 0 aliphatic carbocycles. The van der Waals surface area contributed by atoms with Crippen LogP contribution in [0, 0.1) is 11.2 Å². The van der Waals surface area contributed by atoms with Gasteiger partial charge >= 0.3 is 0 Å². The van der Waals surface area contributed by atoms with Gasteiger partial charge in [-0.3, -0.25) is 0 Å². The molecule has 0 unspecified atom stereocenters. The zero-order valence-electron chi connectivity index (χ0n) is 11.2. The Morgan fingerprint density at radius 3 is 2.72 bits per heavy atom. The highest BCUT2D eigenvalue weighted by Crippen LogP contribution is 2.22. The van der Waals surface area contributed by atoms with Crippen molar-refractivity contribution in [3.05, 3.63) is 29.6 Å². The van der Waals surface area contributed by atoms with Crippen molar-refractivity contribution in [1.82, 2.24) is 5.32 Å². The van der Waals surface area contributed by atoms with E-state index >= 15 is 0 Å². The van der Waals surface area contributed by atoms with Gasteiger partial charge in [0.05, 0.1) is 7.11 Å². The Hall–Kier alpha value is -0.800. The van der Waals surface area contributed by atoms with Crippen molar-refractivity contribution in [2.45, 2.75) is 26.8 Å². The number of ether oxygens (including phenoxy) is 1. The molecular formula is C14H21ClFNO. The second-order valence-corrected chi connectivity index (χ2v) is 5.52. The Balaban J connectivity index is 2.54. The Kier molecular flexibility index (Phi) is 5.89. The molecule has 0 saturated carbocycles. The predicted molar refractivity (Wildman–Crippen MR) is 73.8 cm³/mol. The van der Waals surface area contributed by atoms with Gasteiger partial charge in [0.15, 0.2) is 11.6 Å². The molecule has 102 valence electrons. The fourth-order valence-electron chi connectivity index (χ4n) is 1.73. The molecule has 0 heterocycles. The molecular weight excluding hydrogens is 253 g/mol.